The number of nitrogens with zero attached hydrogens (tertiary/aromatic N) is 1. The van der Waals surface area contributed by atoms with E-state index in [9.17, 15) is 0 Å². The summed E-state index contributed by atoms with van der Waals surface area (Å²) >= 11 is 5.71. The minimum atomic E-state index is 0.584. The van der Waals surface area contributed by atoms with Crippen LogP contribution in [-0.4, -0.2) is 18.5 Å². The van der Waals surface area contributed by atoms with Crippen LogP contribution in [0.4, 0.5) is 0 Å². The Morgan fingerprint density at radius 2 is 2.33 bits per heavy atom. The fraction of sp³-hybridized carbons (Fsp3) is 0.125. The molecule has 3 nitrogen and oxygen atoms in total. The van der Waals surface area contributed by atoms with E-state index in [0.29, 0.717) is 16.3 Å². The fourth-order valence-electron chi connectivity index (χ4n) is 0.854. The van der Waals surface area contributed by atoms with Gasteiger partial charge in [-0.15, -0.1) is 0 Å². The highest BCUT2D eigenvalue weighted by atomic mass is 35.5. The van der Waals surface area contributed by atoms with E-state index in [1.54, 1.807) is 18.2 Å². The van der Waals surface area contributed by atoms with Crippen molar-refractivity contribution in [1.82, 2.24) is 0 Å². The van der Waals surface area contributed by atoms with Crippen LogP contribution >= 0.6 is 11.6 Å². The van der Waals surface area contributed by atoms with Crippen LogP contribution in [-0.2, 0) is 0 Å². The van der Waals surface area contributed by atoms with Gasteiger partial charge in [0.25, 0.3) is 0 Å². The maximum Gasteiger partial charge on any atom is 0.129 e. The van der Waals surface area contributed by atoms with Crippen LogP contribution in [0.2, 0.25) is 5.02 Å². The highest BCUT2D eigenvalue weighted by molar-refractivity contribution is 6.30. The molecule has 1 aromatic carbocycles. The SMILES string of the molecule is COc1cc(Cl)ccc1/C=N/O. The Balaban J connectivity index is 3.10. The molecule has 0 saturated carbocycles. The average molecular weight is 186 g/mol. The lowest BCUT2D eigenvalue weighted by molar-refractivity contribution is 0.321. The van der Waals surface area contributed by atoms with Crippen LogP contribution < -0.4 is 4.74 Å². The topological polar surface area (TPSA) is 41.8 Å². The Bertz CT molecular complexity index is 299. The quantitative estimate of drug-likeness (QED) is 0.436. The zero-order valence-electron chi connectivity index (χ0n) is 6.49. The molecule has 64 valence electrons. The molecule has 0 heterocycles. The van der Waals surface area contributed by atoms with Gasteiger partial charge in [-0.05, 0) is 18.2 Å². The van der Waals surface area contributed by atoms with Crippen molar-refractivity contribution in [2.24, 2.45) is 5.16 Å². The molecule has 0 bridgehead atoms. The first-order valence-corrected chi connectivity index (χ1v) is 3.66. The molecule has 0 atom stereocenters. The van der Waals surface area contributed by atoms with Crippen LogP contribution in [0.25, 0.3) is 0 Å². The number of halogens is 1. The number of hydrogen-bond acceptors (Lipinski definition) is 3. The second-order valence-electron chi connectivity index (χ2n) is 2.13. The molecule has 0 aliphatic heterocycles. The summed E-state index contributed by atoms with van der Waals surface area (Å²) in [5.41, 5.74) is 0.685. The van der Waals surface area contributed by atoms with Gasteiger partial charge < -0.3 is 9.94 Å². The monoisotopic (exact) mass is 185 g/mol. The molecule has 1 rings (SSSR count). The van der Waals surface area contributed by atoms with Crippen molar-refractivity contribution in [3.63, 3.8) is 0 Å². The van der Waals surface area contributed by atoms with Gasteiger partial charge >= 0.3 is 0 Å². The Hall–Kier alpha value is -1.22. The standard InChI is InChI=1S/C8H8ClNO2/c1-12-8-4-7(9)3-2-6(8)5-10-11/h2-5,11H,1H3/b10-5+. The third-order valence-corrected chi connectivity index (χ3v) is 1.63. The molecule has 0 aromatic heterocycles. The lowest BCUT2D eigenvalue weighted by Crippen LogP contribution is -1.90. The van der Waals surface area contributed by atoms with Crippen molar-refractivity contribution in [2.45, 2.75) is 0 Å². The van der Waals surface area contributed by atoms with Crippen molar-refractivity contribution in [3.8, 4) is 5.75 Å². The zero-order valence-corrected chi connectivity index (χ0v) is 7.25. The molecule has 0 saturated heterocycles. The second kappa shape index (κ2) is 3.97. The minimum absolute atomic E-state index is 0.584. The van der Waals surface area contributed by atoms with Crippen LogP contribution in [0.15, 0.2) is 23.4 Å². The Morgan fingerprint density at radius 1 is 1.58 bits per heavy atom. The van der Waals surface area contributed by atoms with Crippen molar-refractivity contribution in [2.75, 3.05) is 7.11 Å². The Kier molecular flexibility index (Phi) is 2.94. The summed E-state index contributed by atoms with van der Waals surface area (Å²) < 4.78 is 4.99. The summed E-state index contributed by atoms with van der Waals surface area (Å²) in [5, 5.41) is 11.8. The molecule has 0 radical (unpaired) electrons. The largest absolute Gasteiger partial charge is 0.496 e. The first kappa shape index (κ1) is 8.87. The van der Waals surface area contributed by atoms with Crippen LogP contribution in [0.3, 0.4) is 0 Å². The molecule has 4 heteroatoms. The van der Waals surface area contributed by atoms with Gasteiger partial charge in [0.2, 0.25) is 0 Å². The predicted molar refractivity (Wildman–Crippen MR) is 47.4 cm³/mol. The molecule has 0 spiro atoms. The van der Waals surface area contributed by atoms with Crippen LogP contribution in [0.1, 0.15) is 5.56 Å². The summed E-state index contributed by atoms with van der Waals surface area (Å²) in [7, 11) is 1.53. The smallest absolute Gasteiger partial charge is 0.129 e. The fourth-order valence-corrected chi connectivity index (χ4v) is 1.02. The highest BCUT2D eigenvalue weighted by Crippen LogP contribution is 2.21. The van der Waals surface area contributed by atoms with Gasteiger partial charge in [0.05, 0.1) is 13.3 Å². The first-order chi connectivity index (χ1) is 5.77. The number of benzene rings is 1. The number of hydrogen-bond donors (Lipinski definition) is 1. The van der Waals surface area contributed by atoms with E-state index in [1.165, 1.54) is 13.3 Å². The summed E-state index contributed by atoms with van der Waals surface area (Å²) in [6.07, 6.45) is 1.29. The first-order valence-electron chi connectivity index (χ1n) is 3.29. The minimum Gasteiger partial charge on any atom is -0.496 e. The van der Waals surface area contributed by atoms with Gasteiger partial charge in [0, 0.05) is 10.6 Å². The normalized spacial score (nSPS) is 10.5. The highest BCUT2D eigenvalue weighted by Gasteiger charge is 2.00. The maximum absolute atomic E-state index is 8.29. The second-order valence-corrected chi connectivity index (χ2v) is 2.57. The summed E-state index contributed by atoms with van der Waals surface area (Å²) in [5.74, 6) is 0.584. The lowest BCUT2D eigenvalue weighted by atomic mass is 10.2. The molecular weight excluding hydrogens is 178 g/mol. The van der Waals surface area contributed by atoms with E-state index in [4.69, 9.17) is 21.5 Å². The number of ether oxygens (including phenoxy) is 1. The van der Waals surface area contributed by atoms with Crippen molar-refractivity contribution < 1.29 is 9.94 Å². The Labute approximate surface area is 75.2 Å². The van der Waals surface area contributed by atoms with Crippen molar-refractivity contribution in [1.29, 1.82) is 0 Å². The van der Waals surface area contributed by atoms with Crippen molar-refractivity contribution in [3.05, 3.63) is 28.8 Å². The summed E-state index contributed by atoms with van der Waals surface area (Å²) in [4.78, 5) is 0. The molecule has 0 aliphatic carbocycles. The third-order valence-electron chi connectivity index (χ3n) is 1.39. The maximum atomic E-state index is 8.29. The van der Waals surface area contributed by atoms with E-state index in [1.807, 2.05) is 0 Å². The van der Waals surface area contributed by atoms with Gasteiger partial charge in [0.1, 0.15) is 5.75 Å². The molecular formula is C8H8ClNO2. The van der Waals surface area contributed by atoms with Crippen molar-refractivity contribution >= 4 is 17.8 Å². The van der Waals surface area contributed by atoms with E-state index in [-0.39, 0.29) is 0 Å². The van der Waals surface area contributed by atoms with E-state index in [0.717, 1.165) is 0 Å². The molecule has 0 aliphatic rings. The molecule has 1 aromatic rings. The number of methoxy groups -OCH3 is 1. The van der Waals surface area contributed by atoms with Gasteiger partial charge in [-0.2, -0.15) is 0 Å². The van der Waals surface area contributed by atoms with E-state index in [2.05, 4.69) is 5.16 Å². The van der Waals surface area contributed by atoms with Gasteiger partial charge in [-0.25, -0.2) is 0 Å². The van der Waals surface area contributed by atoms with Gasteiger partial charge in [-0.3, -0.25) is 0 Å². The Morgan fingerprint density at radius 3 is 2.92 bits per heavy atom. The molecule has 12 heavy (non-hydrogen) atoms. The molecule has 1 N–H and O–H groups in total. The van der Waals surface area contributed by atoms with Gasteiger partial charge in [-0.1, -0.05) is 16.8 Å². The third kappa shape index (κ3) is 1.89. The summed E-state index contributed by atoms with van der Waals surface area (Å²) in [6, 6.07) is 5.06. The van der Waals surface area contributed by atoms with Crippen LogP contribution in [0, 0.1) is 0 Å². The van der Waals surface area contributed by atoms with Crippen LogP contribution in [0.5, 0.6) is 5.75 Å². The number of oxime groups is 1. The molecule has 0 unspecified atom stereocenters. The number of rotatable bonds is 2. The van der Waals surface area contributed by atoms with Gasteiger partial charge in [0.15, 0.2) is 0 Å². The van der Waals surface area contributed by atoms with E-state index < -0.39 is 0 Å². The average Bonchev–Trinajstić information content (AvgIpc) is 2.08. The summed E-state index contributed by atoms with van der Waals surface area (Å²) in [6.45, 7) is 0. The molecule has 0 fully saturated rings. The predicted octanol–water partition coefficient (Wildman–Crippen LogP) is 2.16. The zero-order chi connectivity index (χ0) is 8.97. The van der Waals surface area contributed by atoms with E-state index >= 15 is 0 Å². The lowest BCUT2D eigenvalue weighted by Gasteiger charge is -2.03. The molecule has 0 amide bonds.